The van der Waals surface area contributed by atoms with Crippen LogP contribution in [-0.2, 0) is 4.79 Å². The number of rotatable bonds is 3. The van der Waals surface area contributed by atoms with Crippen molar-refractivity contribution in [1.29, 1.82) is 0 Å². The van der Waals surface area contributed by atoms with Crippen LogP contribution in [0.4, 0.5) is 0 Å². The van der Waals surface area contributed by atoms with E-state index in [2.05, 4.69) is 11.9 Å². The van der Waals surface area contributed by atoms with Gasteiger partial charge in [0.2, 0.25) is 6.08 Å². The number of aliphatic imine (C=N–C) groups is 1. The molecule has 0 N–H and O–H groups in total. The smallest absolute Gasteiger partial charge is 0.211 e. The Bertz CT molecular complexity index is 123. The maximum Gasteiger partial charge on any atom is 0.235 e. The molecule has 0 fully saturated rings. The zero-order chi connectivity index (χ0) is 7.33. The van der Waals surface area contributed by atoms with E-state index in [0.717, 1.165) is 12.8 Å². The first-order valence-electron chi connectivity index (χ1n) is 3.21. The molecule has 0 aliphatic heterocycles. The standard InChI is InChI=1S/C7H13NO/c1-4-5-7(2,3)8-6-9/h4-5H2,1-3H3. The molecule has 52 valence electrons. The van der Waals surface area contributed by atoms with Crippen molar-refractivity contribution >= 4 is 6.08 Å². The van der Waals surface area contributed by atoms with Gasteiger partial charge in [-0.3, -0.25) is 0 Å². The predicted octanol–water partition coefficient (Wildman–Crippen LogP) is 1.90. The summed E-state index contributed by atoms with van der Waals surface area (Å²) in [5, 5.41) is 0. The fraction of sp³-hybridized carbons (Fsp3) is 0.857. The van der Waals surface area contributed by atoms with E-state index in [1.54, 1.807) is 6.08 Å². The van der Waals surface area contributed by atoms with Gasteiger partial charge < -0.3 is 0 Å². The molecule has 2 heteroatoms. The summed E-state index contributed by atoms with van der Waals surface area (Å²) in [7, 11) is 0. The number of carbonyl (C=O) groups excluding carboxylic acids is 1. The van der Waals surface area contributed by atoms with Gasteiger partial charge in [0, 0.05) is 0 Å². The third-order valence-electron chi connectivity index (χ3n) is 1.21. The Kier molecular flexibility index (Phi) is 3.18. The lowest BCUT2D eigenvalue weighted by Gasteiger charge is -2.14. The topological polar surface area (TPSA) is 29.4 Å². The number of hydrogen-bond donors (Lipinski definition) is 0. The van der Waals surface area contributed by atoms with Gasteiger partial charge in [-0.25, -0.2) is 4.79 Å². The second kappa shape index (κ2) is 3.41. The molecule has 0 heterocycles. The zero-order valence-corrected chi connectivity index (χ0v) is 6.27. The Balaban J connectivity index is 3.85. The van der Waals surface area contributed by atoms with Crippen LogP contribution < -0.4 is 0 Å². The highest BCUT2D eigenvalue weighted by molar-refractivity contribution is 5.34. The molecule has 0 bridgehead atoms. The van der Waals surface area contributed by atoms with Crippen molar-refractivity contribution in [3.63, 3.8) is 0 Å². The van der Waals surface area contributed by atoms with Gasteiger partial charge in [-0.15, -0.1) is 0 Å². The van der Waals surface area contributed by atoms with Crippen molar-refractivity contribution in [3.05, 3.63) is 0 Å². The lowest BCUT2D eigenvalue weighted by atomic mass is 10.0. The molecule has 0 aliphatic carbocycles. The highest BCUT2D eigenvalue weighted by Crippen LogP contribution is 2.14. The van der Waals surface area contributed by atoms with Gasteiger partial charge in [-0.1, -0.05) is 13.3 Å². The minimum Gasteiger partial charge on any atom is -0.211 e. The first kappa shape index (κ1) is 8.38. The molecule has 0 spiro atoms. The minimum atomic E-state index is -0.198. The molecule has 9 heavy (non-hydrogen) atoms. The maximum absolute atomic E-state index is 9.80. The molecule has 0 saturated carbocycles. The van der Waals surface area contributed by atoms with E-state index in [4.69, 9.17) is 0 Å². The van der Waals surface area contributed by atoms with Crippen LogP contribution in [0.2, 0.25) is 0 Å². The highest BCUT2D eigenvalue weighted by Gasteiger charge is 2.13. The molecule has 0 amide bonds. The van der Waals surface area contributed by atoms with Gasteiger partial charge in [0.25, 0.3) is 0 Å². The van der Waals surface area contributed by atoms with Crippen LogP contribution in [0, 0.1) is 0 Å². The Morgan fingerprint density at radius 2 is 2.11 bits per heavy atom. The Hall–Kier alpha value is -0.620. The summed E-state index contributed by atoms with van der Waals surface area (Å²) in [4.78, 5) is 13.4. The lowest BCUT2D eigenvalue weighted by molar-refractivity contribution is 0.464. The molecule has 0 unspecified atom stereocenters. The normalized spacial score (nSPS) is 10.6. The summed E-state index contributed by atoms with van der Waals surface area (Å²) in [6.45, 7) is 5.94. The largest absolute Gasteiger partial charge is 0.235 e. The summed E-state index contributed by atoms with van der Waals surface area (Å²) in [5.74, 6) is 0. The molecule has 0 aromatic carbocycles. The summed E-state index contributed by atoms with van der Waals surface area (Å²) < 4.78 is 0. The Labute approximate surface area is 56.0 Å². The Morgan fingerprint density at radius 3 is 2.44 bits per heavy atom. The lowest BCUT2D eigenvalue weighted by Crippen LogP contribution is -2.14. The quantitative estimate of drug-likeness (QED) is 0.420. The van der Waals surface area contributed by atoms with Gasteiger partial charge in [0.15, 0.2) is 0 Å². The van der Waals surface area contributed by atoms with Crippen LogP contribution in [0.1, 0.15) is 33.6 Å². The van der Waals surface area contributed by atoms with Crippen LogP contribution in [-0.4, -0.2) is 11.6 Å². The third kappa shape index (κ3) is 3.92. The van der Waals surface area contributed by atoms with Crippen LogP contribution in [0.3, 0.4) is 0 Å². The van der Waals surface area contributed by atoms with Gasteiger partial charge in [-0.05, 0) is 20.3 Å². The van der Waals surface area contributed by atoms with E-state index >= 15 is 0 Å². The fourth-order valence-corrected chi connectivity index (χ4v) is 0.791. The van der Waals surface area contributed by atoms with Crippen molar-refractivity contribution in [2.24, 2.45) is 4.99 Å². The summed E-state index contributed by atoms with van der Waals surface area (Å²) in [6.07, 6.45) is 3.57. The molecular weight excluding hydrogens is 114 g/mol. The van der Waals surface area contributed by atoms with Gasteiger partial charge in [-0.2, -0.15) is 4.99 Å². The summed E-state index contributed by atoms with van der Waals surface area (Å²) >= 11 is 0. The molecule has 0 radical (unpaired) electrons. The van der Waals surface area contributed by atoms with Crippen LogP contribution in [0.25, 0.3) is 0 Å². The summed E-state index contributed by atoms with van der Waals surface area (Å²) in [5.41, 5.74) is -0.198. The van der Waals surface area contributed by atoms with Crippen molar-refractivity contribution in [2.45, 2.75) is 39.2 Å². The van der Waals surface area contributed by atoms with E-state index in [9.17, 15) is 4.79 Å². The molecular formula is C7H13NO. The van der Waals surface area contributed by atoms with Crippen molar-refractivity contribution in [1.82, 2.24) is 0 Å². The molecule has 2 nitrogen and oxygen atoms in total. The number of hydrogen-bond acceptors (Lipinski definition) is 2. The van der Waals surface area contributed by atoms with Gasteiger partial charge >= 0.3 is 0 Å². The molecule has 0 saturated heterocycles. The highest BCUT2D eigenvalue weighted by atomic mass is 16.1. The molecule has 0 aliphatic rings. The van der Waals surface area contributed by atoms with Crippen LogP contribution in [0.15, 0.2) is 4.99 Å². The van der Waals surface area contributed by atoms with E-state index in [0.29, 0.717) is 0 Å². The van der Waals surface area contributed by atoms with Crippen molar-refractivity contribution < 1.29 is 4.79 Å². The third-order valence-corrected chi connectivity index (χ3v) is 1.21. The van der Waals surface area contributed by atoms with Gasteiger partial charge in [0.1, 0.15) is 0 Å². The number of isocyanates is 1. The maximum atomic E-state index is 9.80. The van der Waals surface area contributed by atoms with Gasteiger partial charge in [0.05, 0.1) is 5.54 Å². The second-order valence-corrected chi connectivity index (χ2v) is 2.77. The number of nitrogens with zero attached hydrogens (tertiary/aromatic N) is 1. The van der Waals surface area contributed by atoms with Crippen molar-refractivity contribution in [2.75, 3.05) is 0 Å². The SMILES string of the molecule is CCCC(C)(C)N=C=O. The zero-order valence-electron chi connectivity index (χ0n) is 6.27. The van der Waals surface area contributed by atoms with Crippen molar-refractivity contribution in [3.8, 4) is 0 Å². The molecule has 0 aromatic heterocycles. The predicted molar refractivity (Wildman–Crippen MR) is 37.1 cm³/mol. The Morgan fingerprint density at radius 1 is 1.56 bits per heavy atom. The average molecular weight is 127 g/mol. The first-order valence-corrected chi connectivity index (χ1v) is 3.21. The van der Waals surface area contributed by atoms with Crippen LogP contribution >= 0.6 is 0 Å². The summed E-state index contributed by atoms with van der Waals surface area (Å²) in [6, 6.07) is 0. The minimum absolute atomic E-state index is 0.198. The molecule has 0 aromatic rings. The van der Waals surface area contributed by atoms with E-state index < -0.39 is 0 Å². The van der Waals surface area contributed by atoms with E-state index in [1.807, 2.05) is 13.8 Å². The average Bonchev–Trinajstić information content (AvgIpc) is 1.64. The fourth-order valence-electron chi connectivity index (χ4n) is 0.791. The first-order chi connectivity index (χ1) is 4.12. The van der Waals surface area contributed by atoms with E-state index in [1.165, 1.54) is 0 Å². The second-order valence-electron chi connectivity index (χ2n) is 2.77. The van der Waals surface area contributed by atoms with Crippen LogP contribution in [0.5, 0.6) is 0 Å². The monoisotopic (exact) mass is 127 g/mol. The molecule has 0 atom stereocenters. The van der Waals surface area contributed by atoms with E-state index in [-0.39, 0.29) is 5.54 Å². The molecule has 0 rings (SSSR count).